The van der Waals surface area contributed by atoms with Gasteiger partial charge >= 0.3 is 5.97 Å². The first-order valence-electron chi connectivity index (χ1n) is 10.4. The number of fused-ring (bicyclic) bond motifs is 1. The summed E-state index contributed by atoms with van der Waals surface area (Å²) in [5, 5.41) is 0.767. The third kappa shape index (κ3) is 5.03. The molecule has 0 radical (unpaired) electrons. The fourth-order valence-corrected chi connectivity index (χ4v) is 4.74. The third-order valence-corrected chi connectivity index (χ3v) is 6.70. The standard InChI is InChI=1S/C27H21NO5S/c1-32-23-16-13-21(14-17-23)15-18-27(29)33-19-7-8-22-20-28(26-12-6-5-11-25(22)26)34(30,31)24-9-3-2-4-10-24/h2-14,16-17,20H,19H2,1H3/b8-7+. The molecule has 0 saturated heterocycles. The molecule has 7 heteroatoms. The number of nitrogens with zero attached hydrogens (tertiary/aromatic N) is 1. The second-order valence-electron chi connectivity index (χ2n) is 7.19. The summed E-state index contributed by atoms with van der Waals surface area (Å²) in [7, 11) is -2.18. The van der Waals surface area contributed by atoms with Crippen LogP contribution in [-0.2, 0) is 19.6 Å². The average molecular weight is 472 g/mol. The Kier molecular flexibility index (Phi) is 6.81. The fourth-order valence-electron chi connectivity index (χ4n) is 3.35. The quantitative estimate of drug-likeness (QED) is 0.306. The second kappa shape index (κ2) is 10.1. The maximum Gasteiger partial charge on any atom is 0.385 e. The van der Waals surface area contributed by atoms with Crippen LogP contribution < -0.4 is 4.74 Å². The Morgan fingerprint density at radius 3 is 2.41 bits per heavy atom. The first-order valence-corrected chi connectivity index (χ1v) is 11.8. The molecule has 170 valence electrons. The van der Waals surface area contributed by atoms with Crippen molar-refractivity contribution in [2.45, 2.75) is 4.90 Å². The number of esters is 1. The molecule has 0 aliphatic heterocycles. The van der Waals surface area contributed by atoms with Crippen molar-refractivity contribution in [3.63, 3.8) is 0 Å². The molecule has 0 bridgehead atoms. The van der Waals surface area contributed by atoms with Gasteiger partial charge in [0.15, 0.2) is 0 Å². The maximum atomic E-state index is 13.2. The van der Waals surface area contributed by atoms with Gasteiger partial charge in [0, 0.05) is 28.6 Å². The van der Waals surface area contributed by atoms with E-state index in [1.165, 1.54) is 3.97 Å². The van der Waals surface area contributed by atoms with E-state index < -0.39 is 16.0 Å². The molecule has 1 aromatic heterocycles. The number of ether oxygens (including phenoxy) is 2. The largest absolute Gasteiger partial charge is 0.497 e. The van der Waals surface area contributed by atoms with Gasteiger partial charge in [-0.3, -0.25) is 0 Å². The Labute approximate surface area is 198 Å². The summed E-state index contributed by atoms with van der Waals surface area (Å²) in [5.41, 5.74) is 1.92. The minimum absolute atomic E-state index is 0.00106. The first kappa shape index (κ1) is 22.9. The zero-order chi connectivity index (χ0) is 24.0. The molecule has 4 aromatic rings. The van der Waals surface area contributed by atoms with Gasteiger partial charge in [-0.15, -0.1) is 0 Å². The van der Waals surface area contributed by atoms with Crippen molar-refractivity contribution in [1.82, 2.24) is 3.97 Å². The van der Waals surface area contributed by atoms with Crippen LogP contribution in [0.2, 0.25) is 0 Å². The van der Waals surface area contributed by atoms with Crippen molar-refractivity contribution in [3.8, 4) is 17.6 Å². The number of methoxy groups -OCH3 is 1. The zero-order valence-corrected chi connectivity index (χ0v) is 19.2. The van der Waals surface area contributed by atoms with Crippen molar-refractivity contribution < 1.29 is 22.7 Å². The third-order valence-electron chi connectivity index (χ3n) is 5.02. The fraction of sp³-hybridized carbons (Fsp3) is 0.0741. The maximum absolute atomic E-state index is 13.2. The van der Waals surface area contributed by atoms with Crippen LogP contribution in [0.5, 0.6) is 5.75 Å². The van der Waals surface area contributed by atoms with Crippen molar-refractivity contribution in [2.75, 3.05) is 13.7 Å². The molecule has 0 saturated carbocycles. The van der Waals surface area contributed by atoms with E-state index in [1.807, 2.05) is 12.1 Å². The van der Waals surface area contributed by atoms with Crippen LogP contribution in [0.4, 0.5) is 0 Å². The van der Waals surface area contributed by atoms with Crippen LogP contribution in [0.25, 0.3) is 17.0 Å². The highest BCUT2D eigenvalue weighted by Gasteiger charge is 2.20. The van der Waals surface area contributed by atoms with Crippen molar-refractivity contribution in [2.24, 2.45) is 0 Å². The Bertz CT molecular complexity index is 1510. The number of rotatable bonds is 6. The van der Waals surface area contributed by atoms with Crippen LogP contribution in [0.15, 0.2) is 96.0 Å². The molecule has 0 aliphatic rings. The topological polar surface area (TPSA) is 74.6 Å². The van der Waals surface area contributed by atoms with Gasteiger partial charge in [0.2, 0.25) is 0 Å². The molecular formula is C27H21NO5S. The molecule has 0 N–H and O–H groups in total. The minimum atomic E-state index is -3.76. The molecule has 6 nitrogen and oxygen atoms in total. The highest BCUT2D eigenvalue weighted by Crippen LogP contribution is 2.26. The second-order valence-corrected chi connectivity index (χ2v) is 9.01. The van der Waals surface area contributed by atoms with E-state index in [0.717, 1.165) is 5.39 Å². The lowest BCUT2D eigenvalue weighted by atomic mass is 10.1. The number of carbonyl (C=O) groups excluding carboxylic acids is 1. The molecule has 0 amide bonds. The summed E-state index contributed by atoms with van der Waals surface area (Å²) >= 11 is 0. The van der Waals surface area contributed by atoms with E-state index >= 15 is 0 Å². The summed E-state index contributed by atoms with van der Waals surface area (Å²) in [5.74, 6) is 5.22. The normalized spacial score (nSPS) is 11.2. The smallest absolute Gasteiger partial charge is 0.385 e. The van der Waals surface area contributed by atoms with Gasteiger partial charge in [0.05, 0.1) is 17.5 Å². The number of hydrogen-bond acceptors (Lipinski definition) is 5. The van der Waals surface area contributed by atoms with E-state index in [2.05, 4.69) is 11.8 Å². The van der Waals surface area contributed by atoms with E-state index in [0.29, 0.717) is 22.4 Å². The molecular weight excluding hydrogens is 450 g/mol. The molecule has 3 aromatic carbocycles. The van der Waals surface area contributed by atoms with E-state index in [4.69, 9.17) is 9.47 Å². The van der Waals surface area contributed by atoms with Gasteiger partial charge < -0.3 is 9.47 Å². The monoisotopic (exact) mass is 471 g/mol. The van der Waals surface area contributed by atoms with Gasteiger partial charge in [-0.05, 0) is 48.5 Å². The predicted octanol–water partition coefficient (Wildman–Crippen LogP) is 4.50. The number of aromatic nitrogens is 1. The lowest BCUT2D eigenvalue weighted by Crippen LogP contribution is -2.11. The van der Waals surface area contributed by atoms with Crippen LogP contribution in [-0.4, -0.2) is 32.1 Å². The first-order chi connectivity index (χ1) is 16.5. The van der Waals surface area contributed by atoms with Crippen LogP contribution >= 0.6 is 0 Å². The van der Waals surface area contributed by atoms with E-state index in [9.17, 15) is 13.2 Å². The molecule has 1 heterocycles. The van der Waals surface area contributed by atoms with Gasteiger partial charge in [-0.25, -0.2) is 17.2 Å². The molecule has 0 unspecified atom stereocenters. The Morgan fingerprint density at radius 2 is 1.68 bits per heavy atom. The number of benzene rings is 3. The van der Waals surface area contributed by atoms with Gasteiger partial charge in [-0.2, -0.15) is 0 Å². The van der Waals surface area contributed by atoms with Gasteiger partial charge in [-0.1, -0.05) is 48.4 Å². The Morgan fingerprint density at radius 1 is 0.971 bits per heavy atom. The Hall–Kier alpha value is -4.28. The number of para-hydroxylation sites is 1. The van der Waals surface area contributed by atoms with Crippen molar-refractivity contribution >= 4 is 33.0 Å². The van der Waals surface area contributed by atoms with Crippen LogP contribution in [0.3, 0.4) is 0 Å². The molecule has 0 atom stereocenters. The van der Waals surface area contributed by atoms with E-state index in [1.54, 1.807) is 92.2 Å². The minimum Gasteiger partial charge on any atom is -0.497 e. The SMILES string of the molecule is COc1ccc(C#CC(=O)OC/C=C/c2cn(S(=O)(=O)c3ccccc3)c3ccccc23)cc1. The Balaban J connectivity index is 1.48. The van der Waals surface area contributed by atoms with Gasteiger partial charge in [0.1, 0.15) is 12.4 Å². The lowest BCUT2D eigenvalue weighted by Gasteiger charge is -2.07. The predicted molar refractivity (Wildman–Crippen MR) is 131 cm³/mol. The average Bonchev–Trinajstić information content (AvgIpc) is 3.26. The summed E-state index contributed by atoms with van der Waals surface area (Å²) < 4.78 is 37.8. The summed E-state index contributed by atoms with van der Waals surface area (Å²) in [6, 6.07) is 22.5. The number of hydrogen-bond donors (Lipinski definition) is 0. The number of carbonyl (C=O) groups is 1. The zero-order valence-electron chi connectivity index (χ0n) is 18.3. The summed E-state index contributed by atoms with van der Waals surface area (Å²) in [6.07, 6.45) is 4.94. The molecule has 34 heavy (non-hydrogen) atoms. The van der Waals surface area contributed by atoms with Crippen molar-refractivity contribution in [3.05, 3.63) is 102 Å². The highest BCUT2D eigenvalue weighted by atomic mass is 32.2. The molecule has 0 spiro atoms. The summed E-state index contributed by atoms with van der Waals surface area (Å²) in [6.45, 7) is 0.00106. The highest BCUT2D eigenvalue weighted by molar-refractivity contribution is 7.90. The van der Waals surface area contributed by atoms with E-state index in [-0.39, 0.29) is 11.5 Å². The molecule has 0 fully saturated rings. The molecule has 0 aliphatic carbocycles. The summed E-state index contributed by atoms with van der Waals surface area (Å²) in [4.78, 5) is 12.1. The van der Waals surface area contributed by atoms with Gasteiger partial charge in [0.25, 0.3) is 10.0 Å². The van der Waals surface area contributed by atoms with Crippen LogP contribution in [0, 0.1) is 11.8 Å². The molecule has 4 rings (SSSR count). The lowest BCUT2D eigenvalue weighted by molar-refractivity contribution is -0.135. The van der Waals surface area contributed by atoms with Crippen LogP contribution in [0.1, 0.15) is 11.1 Å². The van der Waals surface area contributed by atoms with Crippen molar-refractivity contribution in [1.29, 1.82) is 0 Å².